The van der Waals surface area contributed by atoms with Crippen molar-refractivity contribution in [1.29, 1.82) is 0 Å². The van der Waals surface area contributed by atoms with Crippen LogP contribution in [-0.4, -0.2) is 38.3 Å². The lowest BCUT2D eigenvalue weighted by atomic mass is 9.74. The Hall–Kier alpha value is -1.39. The smallest absolute Gasteiger partial charge is 0.251 e. The van der Waals surface area contributed by atoms with E-state index in [0.717, 1.165) is 36.8 Å². The molecule has 1 aliphatic heterocycles. The molecule has 2 unspecified atom stereocenters. The highest BCUT2D eigenvalue weighted by atomic mass is 16.5. The van der Waals surface area contributed by atoms with Gasteiger partial charge in [-0.25, -0.2) is 0 Å². The van der Waals surface area contributed by atoms with Crippen LogP contribution in [0.25, 0.3) is 0 Å². The second-order valence-corrected chi connectivity index (χ2v) is 6.92. The highest BCUT2D eigenvalue weighted by Crippen LogP contribution is 2.35. The molecule has 1 aliphatic carbocycles. The fraction of sp³-hybridized carbons (Fsp3) is 0.632. The minimum absolute atomic E-state index is 0.0138. The zero-order valence-electron chi connectivity index (χ0n) is 14.0. The first-order valence-corrected chi connectivity index (χ1v) is 8.90. The Morgan fingerprint density at radius 2 is 2.13 bits per heavy atom. The summed E-state index contributed by atoms with van der Waals surface area (Å²) < 4.78 is 5.56. The fourth-order valence-electron chi connectivity index (χ4n) is 3.66. The molecular formula is C19H28N2O2. The molecule has 2 fully saturated rings. The minimum atomic E-state index is 0.0138. The highest BCUT2D eigenvalue weighted by Gasteiger charge is 2.34. The molecule has 1 saturated heterocycles. The number of amides is 1. The first-order valence-electron chi connectivity index (χ1n) is 8.90. The van der Waals surface area contributed by atoms with Gasteiger partial charge in [-0.15, -0.1) is 0 Å². The summed E-state index contributed by atoms with van der Waals surface area (Å²) in [5.74, 6) is 1.46. The van der Waals surface area contributed by atoms with Gasteiger partial charge in [0.1, 0.15) is 0 Å². The summed E-state index contributed by atoms with van der Waals surface area (Å²) in [6.07, 6.45) is 5.21. The predicted molar refractivity (Wildman–Crippen MR) is 91.6 cm³/mol. The van der Waals surface area contributed by atoms with Crippen LogP contribution in [-0.2, 0) is 4.74 Å². The van der Waals surface area contributed by atoms with Gasteiger partial charge in [0.15, 0.2) is 0 Å². The molecule has 1 aromatic carbocycles. The number of carbonyl (C=O) groups is 1. The van der Waals surface area contributed by atoms with Gasteiger partial charge in [0.05, 0.1) is 6.61 Å². The minimum Gasteiger partial charge on any atom is -0.381 e. The van der Waals surface area contributed by atoms with Crippen molar-refractivity contribution in [1.82, 2.24) is 10.6 Å². The average Bonchev–Trinajstić information content (AvgIpc) is 3.02. The second-order valence-electron chi connectivity index (χ2n) is 6.92. The third-order valence-electron chi connectivity index (χ3n) is 5.20. The molecule has 2 aliphatic rings. The standard InChI is InChI=1S/C19H28N2O2/c1-14-4-2-7-16(12-14)19(22)21-10-9-20-18(15-5-3-6-15)17-8-11-23-13-17/h2,4,7,12,15,17-18,20H,3,5-6,8-11,13H2,1H3,(H,21,22). The molecule has 2 atom stereocenters. The maximum Gasteiger partial charge on any atom is 0.251 e. The topological polar surface area (TPSA) is 50.4 Å². The van der Waals surface area contributed by atoms with Gasteiger partial charge in [-0.3, -0.25) is 4.79 Å². The fourth-order valence-corrected chi connectivity index (χ4v) is 3.66. The summed E-state index contributed by atoms with van der Waals surface area (Å²) in [5.41, 5.74) is 1.85. The van der Waals surface area contributed by atoms with E-state index in [0.29, 0.717) is 18.5 Å². The van der Waals surface area contributed by atoms with Crippen molar-refractivity contribution in [3.05, 3.63) is 35.4 Å². The number of hydrogen-bond donors (Lipinski definition) is 2. The van der Waals surface area contributed by atoms with Crippen molar-refractivity contribution in [3.8, 4) is 0 Å². The summed E-state index contributed by atoms with van der Waals surface area (Å²) in [5, 5.41) is 6.70. The molecule has 126 valence electrons. The van der Waals surface area contributed by atoms with E-state index in [9.17, 15) is 4.79 Å². The normalized spacial score (nSPS) is 22.6. The number of ether oxygens (including phenoxy) is 1. The lowest BCUT2D eigenvalue weighted by Crippen LogP contribution is -2.47. The van der Waals surface area contributed by atoms with E-state index in [-0.39, 0.29) is 5.91 Å². The number of nitrogens with one attached hydrogen (secondary N) is 2. The van der Waals surface area contributed by atoms with E-state index in [4.69, 9.17) is 4.74 Å². The van der Waals surface area contributed by atoms with Gasteiger partial charge in [-0.2, -0.15) is 0 Å². The molecule has 4 nitrogen and oxygen atoms in total. The van der Waals surface area contributed by atoms with Crippen LogP contribution in [0.2, 0.25) is 0 Å². The zero-order chi connectivity index (χ0) is 16.1. The monoisotopic (exact) mass is 316 g/mol. The third-order valence-corrected chi connectivity index (χ3v) is 5.20. The van der Waals surface area contributed by atoms with Gasteiger partial charge < -0.3 is 15.4 Å². The van der Waals surface area contributed by atoms with Crippen LogP contribution in [0.4, 0.5) is 0 Å². The molecule has 1 amide bonds. The maximum atomic E-state index is 12.1. The molecule has 1 aromatic rings. The molecule has 0 bridgehead atoms. The number of aryl methyl sites for hydroxylation is 1. The van der Waals surface area contributed by atoms with E-state index in [1.807, 2.05) is 31.2 Å². The van der Waals surface area contributed by atoms with Gasteiger partial charge in [-0.1, -0.05) is 24.1 Å². The van der Waals surface area contributed by atoms with Crippen LogP contribution >= 0.6 is 0 Å². The van der Waals surface area contributed by atoms with E-state index in [2.05, 4.69) is 10.6 Å². The summed E-state index contributed by atoms with van der Waals surface area (Å²) >= 11 is 0. The van der Waals surface area contributed by atoms with Crippen LogP contribution in [0.1, 0.15) is 41.6 Å². The van der Waals surface area contributed by atoms with E-state index in [1.165, 1.54) is 25.7 Å². The largest absolute Gasteiger partial charge is 0.381 e. The average molecular weight is 316 g/mol. The van der Waals surface area contributed by atoms with Crippen molar-refractivity contribution >= 4 is 5.91 Å². The summed E-state index contributed by atoms with van der Waals surface area (Å²) in [4.78, 5) is 12.1. The predicted octanol–water partition coefficient (Wildman–Crippen LogP) is 2.52. The van der Waals surface area contributed by atoms with Gasteiger partial charge >= 0.3 is 0 Å². The Labute approximate surface area is 139 Å². The molecule has 4 heteroatoms. The molecule has 1 heterocycles. The lowest BCUT2D eigenvalue weighted by molar-refractivity contribution is 0.0950. The van der Waals surface area contributed by atoms with Crippen LogP contribution in [0.15, 0.2) is 24.3 Å². The quantitative estimate of drug-likeness (QED) is 0.760. The van der Waals surface area contributed by atoms with Gasteiger partial charge in [-0.05, 0) is 44.2 Å². The zero-order valence-corrected chi connectivity index (χ0v) is 14.0. The van der Waals surface area contributed by atoms with Crippen LogP contribution in [0.5, 0.6) is 0 Å². The molecule has 0 aromatic heterocycles. The Morgan fingerprint density at radius 3 is 2.78 bits per heavy atom. The van der Waals surface area contributed by atoms with Crippen molar-refractivity contribution in [2.75, 3.05) is 26.3 Å². The first kappa shape index (κ1) is 16.5. The van der Waals surface area contributed by atoms with E-state index >= 15 is 0 Å². The molecular weight excluding hydrogens is 288 g/mol. The van der Waals surface area contributed by atoms with Crippen LogP contribution in [0.3, 0.4) is 0 Å². The molecule has 0 spiro atoms. The third kappa shape index (κ3) is 4.33. The Balaban J connectivity index is 1.43. The van der Waals surface area contributed by atoms with Crippen LogP contribution < -0.4 is 10.6 Å². The van der Waals surface area contributed by atoms with Crippen molar-refractivity contribution in [2.45, 2.75) is 38.6 Å². The number of rotatable bonds is 7. The molecule has 23 heavy (non-hydrogen) atoms. The second kappa shape index (κ2) is 7.93. The summed E-state index contributed by atoms with van der Waals surface area (Å²) in [7, 11) is 0. The number of carbonyl (C=O) groups excluding carboxylic acids is 1. The molecule has 3 rings (SSSR count). The number of benzene rings is 1. The summed E-state index contributed by atoms with van der Waals surface area (Å²) in [6, 6.07) is 8.28. The molecule has 0 radical (unpaired) electrons. The van der Waals surface area contributed by atoms with E-state index < -0.39 is 0 Å². The Morgan fingerprint density at radius 1 is 1.26 bits per heavy atom. The van der Waals surface area contributed by atoms with Crippen molar-refractivity contribution < 1.29 is 9.53 Å². The lowest BCUT2D eigenvalue weighted by Gasteiger charge is -2.37. The highest BCUT2D eigenvalue weighted by molar-refractivity contribution is 5.94. The first-order chi connectivity index (χ1) is 11.2. The molecule has 1 saturated carbocycles. The van der Waals surface area contributed by atoms with Gasteiger partial charge in [0, 0.05) is 37.2 Å². The number of hydrogen-bond acceptors (Lipinski definition) is 3. The maximum absolute atomic E-state index is 12.1. The van der Waals surface area contributed by atoms with Crippen molar-refractivity contribution in [3.63, 3.8) is 0 Å². The van der Waals surface area contributed by atoms with Gasteiger partial charge in [0.2, 0.25) is 0 Å². The molecule has 2 N–H and O–H groups in total. The van der Waals surface area contributed by atoms with Crippen LogP contribution in [0, 0.1) is 18.8 Å². The summed E-state index contributed by atoms with van der Waals surface area (Å²) in [6.45, 7) is 5.30. The van der Waals surface area contributed by atoms with Gasteiger partial charge in [0.25, 0.3) is 5.91 Å². The SMILES string of the molecule is Cc1cccc(C(=O)NCCNC(C2CCC2)C2CCOC2)c1. The Bertz CT molecular complexity index is 522. The van der Waals surface area contributed by atoms with E-state index in [1.54, 1.807) is 0 Å². The Kier molecular flexibility index (Phi) is 5.68. The van der Waals surface area contributed by atoms with Crippen molar-refractivity contribution in [2.24, 2.45) is 11.8 Å².